The molecule has 2 fully saturated rings. The molecule has 3 heterocycles. The number of nitrogens with zero attached hydrogens (tertiary/aromatic N) is 3. The van der Waals surface area contributed by atoms with E-state index in [2.05, 4.69) is 22.1 Å². The fourth-order valence-electron chi connectivity index (χ4n) is 4.56. The maximum absolute atomic E-state index is 13.8. The Kier molecular flexibility index (Phi) is 7.50. The van der Waals surface area contributed by atoms with Crippen LogP contribution in [0.25, 0.3) is 0 Å². The third kappa shape index (κ3) is 5.40. The summed E-state index contributed by atoms with van der Waals surface area (Å²) in [6.45, 7) is 8.96. The van der Waals surface area contributed by atoms with Crippen molar-refractivity contribution in [2.45, 2.75) is 52.3 Å². The summed E-state index contributed by atoms with van der Waals surface area (Å²) in [5.74, 6) is -0.879. The number of aryl methyl sites for hydroxylation is 1. The van der Waals surface area contributed by atoms with Crippen LogP contribution in [0.3, 0.4) is 0 Å². The molecular weight excluding hydrogens is 459 g/mol. The van der Waals surface area contributed by atoms with E-state index in [9.17, 15) is 14.0 Å². The lowest BCUT2D eigenvalue weighted by Crippen LogP contribution is -2.55. The van der Waals surface area contributed by atoms with Gasteiger partial charge < -0.3 is 15.0 Å². The number of ether oxygens (including phenoxy) is 1. The van der Waals surface area contributed by atoms with E-state index in [4.69, 9.17) is 16.3 Å². The van der Waals surface area contributed by atoms with Crippen molar-refractivity contribution < 1.29 is 18.7 Å². The first-order chi connectivity index (χ1) is 16.2. The SMILES string of the molecule is Cc1ncc(C(=O)Nc2cc(Cl)cc(CN3CCN(C(=O)[C@@H]4CCCO4)[C@H](C)C3)c2C)cc1F. The van der Waals surface area contributed by atoms with Gasteiger partial charge in [0.1, 0.15) is 11.9 Å². The van der Waals surface area contributed by atoms with Crippen LogP contribution in [0.5, 0.6) is 0 Å². The molecule has 9 heteroatoms. The first-order valence-corrected chi connectivity index (χ1v) is 12.0. The lowest BCUT2D eigenvalue weighted by Gasteiger charge is -2.41. The molecule has 7 nitrogen and oxygen atoms in total. The zero-order chi connectivity index (χ0) is 24.4. The zero-order valence-electron chi connectivity index (χ0n) is 19.7. The summed E-state index contributed by atoms with van der Waals surface area (Å²) >= 11 is 6.37. The summed E-state index contributed by atoms with van der Waals surface area (Å²) in [4.78, 5) is 33.6. The average molecular weight is 489 g/mol. The molecule has 2 atom stereocenters. The standard InChI is InChI=1S/C25H30ClFN4O3/c1-15-13-30(6-7-31(15)25(33)23-5-4-8-34-23)14-19-9-20(26)11-22(16(19)2)29-24(32)18-10-21(27)17(3)28-12-18/h9-12,15,23H,4-8,13-14H2,1-3H3,(H,29,32)/t15-,23+/m1/s1. The Hall–Kier alpha value is -2.55. The molecule has 0 aliphatic carbocycles. The van der Waals surface area contributed by atoms with Gasteiger partial charge in [0.15, 0.2) is 0 Å². The van der Waals surface area contributed by atoms with Gasteiger partial charge in [-0.15, -0.1) is 0 Å². The van der Waals surface area contributed by atoms with Crippen molar-refractivity contribution in [1.29, 1.82) is 0 Å². The summed E-state index contributed by atoms with van der Waals surface area (Å²) in [5.41, 5.74) is 2.84. The highest BCUT2D eigenvalue weighted by Gasteiger charge is 2.34. The van der Waals surface area contributed by atoms with E-state index in [1.54, 1.807) is 13.0 Å². The molecule has 2 aliphatic rings. The van der Waals surface area contributed by atoms with Crippen LogP contribution in [-0.2, 0) is 16.1 Å². The molecular formula is C25H30ClFN4O3. The summed E-state index contributed by atoms with van der Waals surface area (Å²) in [7, 11) is 0. The number of amides is 2. The van der Waals surface area contributed by atoms with Gasteiger partial charge in [-0.2, -0.15) is 0 Å². The van der Waals surface area contributed by atoms with Gasteiger partial charge in [0.25, 0.3) is 11.8 Å². The quantitative estimate of drug-likeness (QED) is 0.689. The number of pyridine rings is 1. The number of rotatable bonds is 5. The number of hydrogen-bond acceptors (Lipinski definition) is 5. The van der Waals surface area contributed by atoms with Gasteiger partial charge in [0, 0.05) is 55.7 Å². The minimum Gasteiger partial charge on any atom is -0.368 e. The number of halogens is 2. The Bertz CT molecular complexity index is 1090. The van der Waals surface area contributed by atoms with Crippen LogP contribution >= 0.6 is 11.6 Å². The summed E-state index contributed by atoms with van der Waals surface area (Å²) in [5, 5.41) is 3.34. The maximum Gasteiger partial charge on any atom is 0.257 e. The van der Waals surface area contributed by atoms with Gasteiger partial charge in [0.2, 0.25) is 0 Å². The van der Waals surface area contributed by atoms with E-state index in [1.165, 1.54) is 12.3 Å². The van der Waals surface area contributed by atoms with Crippen LogP contribution in [0.4, 0.5) is 10.1 Å². The minimum absolute atomic E-state index is 0.0769. The van der Waals surface area contributed by atoms with E-state index in [0.717, 1.165) is 37.1 Å². The van der Waals surface area contributed by atoms with E-state index in [1.807, 2.05) is 17.9 Å². The van der Waals surface area contributed by atoms with Gasteiger partial charge in [-0.3, -0.25) is 19.5 Å². The summed E-state index contributed by atoms with van der Waals surface area (Å²) in [6, 6.07) is 4.84. The van der Waals surface area contributed by atoms with Crippen molar-refractivity contribution in [2.75, 3.05) is 31.6 Å². The normalized spacial score (nSPS) is 21.0. The van der Waals surface area contributed by atoms with Crippen molar-refractivity contribution in [1.82, 2.24) is 14.8 Å². The molecule has 1 aromatic carbocycles. The number of carbonyl (C=O) groups is 2. The molecule has 1 N–H and O–H groups in total. The van der Waals surface area contributed by atoms with Gasteiger partial charge >= 0.3 is 0 Å². The highest BCUT2D eigenvalue weighted by atomic mass is 35.5. The minimum atomic E-state index is -0.526. The lowest BCUT2D eigenvalue weighted by atomic mass is 10.0. The monoisotopic (exact) mass is 488 g/mol. The second-order valence-corrected chi connectivity index (χ2v) is 9.54. The second-order valence-electron chi connectivity index (χ2n) is 9.10. The fourth-order valence-corrected chi connectivity index (χ4v) is 4.80. The maximum atomic E-state index is 13.8. The van der Waals surface area contributed by atoms with Crippen LogP contribution < -0.4 is 5.32 Å². The first kappa shape index (κ1) is 24.6. The molecule has 34 heavy (non-hydrogen) atoms. The van der Waals surface area contributed by atoms with Gasteiger partial charge in [-0.25, -0.2) is 4.39 Å². The zero-order valence-corrected chi connectivity index (χ0v) is 20.5. The molecule has 4 rings (SSSR count). The Morgan fingerprint density at radius 3 is 2.74 bits per heavy atom. The fraction of sp³-hybridized carbons (Fsp3) is 0.480. The number of piperazine rings is 1. The molecule has 0 spiro atoms. The number of aromatic nitrogens is 1. The Balaban J connectivity index is 1.43. The van der Waals surface area contributed by atoms with Crippen molar-refractivity contribution >= 4 is 29.1 Å². The van der Waals surface area contributed by atoms with E-state index in [0.29, 0.717) is 30.4 Å². The predicted molar refractivity (Wildman–Crippen MR) is 129 cm³/mol. The molecule has 1 aromatic heterocycles. The van der Waals surface area contributed by atoms with Gasteiger partial charge in [-0.1, -0.05) is 11.6 Å². The van der Waals surface area contributed by atoms with E-state index in [-0.39, 0.29) is 29.3 Å². The molecule has 2 aliphatic heterocycles. The van der Waals surface area contributed by atoms with Crippen LogP contribution in [-0.4, -0.2) is 65.0 Å². The molecule has 0 unspecified atom stereocenters. The van der Waals surface area contributed by atoms with Crippen LogP contribution in [0.1, 0.15) is 46.9 Å². The first-order valence-electron chi connectivity index (χ1n) is 11.6. The average Bonchev–Trinajstić information content (AvgIpc) is 3.33. The Morgan fingerprint density at radius 1 is 1.26 bits per heavy atom. The summed E-state index contributed by atoms with van der Waals surface area (Å²) < 4.78 is 19.4. The molecule has 182 valence electrons. The topological polar surface area (TPSA) is 74.8 Å². The number of carbonyl (C=O) groups excluding carboxylic acids is 2. The van der Waals surface area contributed by atoms with E-state index < -0.39 is 11.7 Å². The number of anilines is 1. The van der Waals surface area contributed by atoms with Crippen molar-refractivity contribution in [2.24, 2.45) is 0 Å². The van der Waals surface area contributed by atoms with Crippen molar-refractivity contribution in [3.63, 3.8) is 0 Å². The Morgan fingerprint density at radius 2 is 2.06 bits per heavy atom. The van der Waals surface area contributed by atoms with Crippen LogP contribution in [0.2, 0.25) is 5.02 Å². The third-order valence-electron chi connectivity index (χ3n) is 6.61. The highest BCUT2D eigenvalue weighted by molar-refractivity contribution is 6.31. The number of benzene rings is 1. The predicted octanol–water partition coefficient (Wildman–Crippen LogP) is 3.95. The lowest BCUT2D eigenvalue weighted by molar-refractivity contribution is -0.145. The van der Waals surface area contributed by atoms with Crippen LogP contribution in [0.15, 0.2) is 24.4 Å². The number of nitrogens with one attached hydrogen (secondary N) is 1. The third-order valence-corrected chi connectivity index (χ3v) is 6.83. The number of hydrogen-bond donors (Lipinski definition) is 1. The summed E-state index contributed by atoms with van der Waals surface area (Å²) in [6.07, 6.45) is 2.79. The van der Waals surface area contributed by atoms with E-state index >= 15 is 0 Å². The largest absolute Gasteiger partial charge is 0.368 e. The van der Waals surface area contributed by atoms with Crippen molar-refractivity contribution in [3.05, 3.63) is 57.6 Å². The van der Waals surface area contributed by atoms with Gasteiger partial charge in [0.05, 0.1) is 11.3 Å². The van der Waals surface area contributed by atoms with Crippen LogP contribution in [0, 0.1) is 19.7 Å². The van der Waals surface area contributed by atoms with Crippen molar-refractivity contribution in [3.8, 4) is 0 Å². The molecule has 2 amide bonds. The Labute approximate surface area is 204 Å². The van der Waals surface area contributed by atoms with Gasteiger partial charge in [-0.05, 0) is 62.9 Å². The molecule has 2 aromatic rings. The highest BCUT2D eigenvalue weighted by Crippen LogP contribution is 2.28. The molecule has 0 saturated carbocycles. The molecule has 0 bridgehead atoms. The molecule has 0 radical (unpaired) electrons. The second kappa shape index (κ2) is 10.4. The smallest absolute Gasteiger partial charge is 0.257 e. The molecule has 2 saturated heterocycles.